The lowest BCUT2D eigenvalue weighted by atomic mass is 9.84. The lowest BCUT2D eigenvalue weighted by Crippen LogP contribution is -2.21. The Labute approximate surface area is 170 Å². The van der Waals surface area contributed by atoms with Gasteiger partial charge in [0.05, 0.1) is 10.5 Å². The van der Waals surface area contributed by atoms with Crippen molar-refractivity contribution in [2.75, 3.05) is 11.9 Å². The van der Waals surface area contributed by atoms with E-state index in [1.807, 2.05) is 12.1 Å². The highest BCUT2D eigenvalue weighted by atomic mass is 32.2. The molecule has 3 rings (SSSR count). The van der Waals surface area contributed by atoms with Gasteiger partial charge >= 0.3 is 5.97 Å². The highest BCUT2D eigenvalue weighted by molar-refractivity contribution is 7.89. The number of ether oxygens (including phenoxy) is 1. The zero-order chi connectivity index (χ0) is 20.9. The van der Waals surface area contributed by atoms with Crippen LogP contribution >= 0.6 is 0 Å². The first kappa shape index (κ1) is 21.0. The third kappa shape index (κ3) is 5.88. The van der Waals surface area contributed by atoms with Gasteiger partial charge in [0, 0.05) is 5.69 Å². The first-order valence-electron chi connectivity index (χ1n) is 9.53. The standard InChI is InChI=1S/C21H24N2O5S/c22-29(26,27)19-12-10-18(11-13-19)23-20(24)14-28-21(25)17-8-6-16(7-9-17)15-4-2-1-3-5-15/h6-13,15H,1-5,14H2,(H,23,24)(H2,22,26,27). The third-order valence-corrected chi connectivity index (χ3v) is 5.95. The van der Waals surface area contributed by atoms with E-state index in [0.717, 1.165) is 0 Å². The van der Waals surface area contributed by atoms with Crippen LogP contribution in [0, 0.1) is 0 Å². The maximum atomic E-state index is 12.2. The fraction of sp³-hybridized carbons (Fsp3) is 0.333. The van der Waals surface area contributed by atoms with Crippen molar-refractivity contribution in [3.05, 3.63) is 59.7 Å². The molecule has 8 heteroatoms. The van der Waals surface area contributed by atoms with Crippen molar-refractivity contribution in [3.63, 3.8) is 0 Å². The Hall–Kier alpha value is -2.71. The van der Waals surface area contributed by atoms with Crippen LogP contribution in [0.5, 0.6) is 0 Å². The number of carbonyl (C=O) groups is 2. The van der Waals surface area contributed by atoms with Crippen molar-refractivity contribution in [1.29, 1.82) is 0 Å². The lowest BCUT2D eigenvalue weighted by molar-refractivity contribution is -0.119. The molecule has 0 bridgehead atoms. The van der Waals surface area contributed by atoms with Gasteiger partial charge in [0.15, 0.2) is 6.61 Å². The number of sulfonamides is 1. The van der Waals surface area contributed by atoms with Gasteiger partial charge in [0.1, 0.15) is 0 Å². The summed E-state index contributed by atoms with van der Waals surface area (Å²) in [6, 6.07) is 12.8. The van der Waals surface area contributed by atoms with E-state index in [1.165, 1.54) is 61.9 Å². The van der Waals surface area contributed by atoms with E-state index in [9.17, 15) is 18.0 Å². The van der Waals surface area contributed by atoms with Crippen LogP contribution in [-0.2, 0) is 19.6 Å². The van der Waals surface area contributed by atoms with Gasteiger partial charge in [0.2, 0.25) is 10.0 Å². The summed E-state index contributed by atoms with van der Waals surface area (Å²) in [5, 5.41) is 7.55. The smallest absolute Gasteiger partial charge is 0.338 e. The number of carbonyl (C=O) groups excluding carboxylic acids is 2. The topological polar surface area (TPSA) is 116 Å². The monoisotopic (exact) mass is 416 g/mol. The number of nitrogens with one attached hydrogen (secondary N) is 1. The largest absolute Gasteiger partial charge is 0.452 e. The van der Waals surface area contributed by atoms with Gasteiger partial charge < -0.3 is 10.1 Å². The predicted octanol–water partition coefficient (Wildman–Crippen LogP) is 3.18. The van der Waals surface area contributed by atoms with Gasteiger partial charge in [-0.3, -0.25) is 4.79 Å². The molecule has 0 heterocycles. The molecule has 0 unspecified atom stereocenters. The Morgan fingerprint density at radius 1 is 0.966 bits per heavy atom. The molecule has 2 aromatic carbocycles. The first-order valence-corrected chi connectivity index (χ1v) is 11.1. The van der Waals surface area contributed by atoms with Gasteiger partial charge in [-0.05, 0) is 60.7 Å². The number of nitrogens with two attached hydrogens (primary N) is 1. The minimum Gasteiger partial charge on any atom is -0.452 e. The molecule has 29 heavy (non-hydrogen) atoms. The molecule has 2 aromatic rings. The van der Waals surface area contributed by atoms with Gasteiger partial charge in [-0.25, -0.2) is 18.4 Å². The number of hydrogen-bond acceptors (Lipinski definition) is 5. The summed E-state index contributed by atoms with van der Waals surface area (Å²) in [6.45, 7) is -0.444. The van der Waals surface area contributed by atoms with Gasteiger partial charge in [-0.1, -0.05) is 31.4 Å². The Balaban J connectivity index is 1.50. The Bertz CT molecular complexity index is 963. The van der Waals surface area contributed by atoms with Gasteiger partial charge in [-0.2, -0.15) is 0 Å². The molecule has 7 nitrogen and oxygen atoms in total. The Morgan fingerprint density at radius 2 is 1.59 bits per heavy atom. The average molecular weight is 416 g/mol. The molecular weight excluding hydrogens is 392 g/mol. The van der Waals surface area contributed by atoms with Crippen LogP contribution in [0.25, 0.3) is 0 Å². The van der Waals surface area contributed by atoms with E-state index in [4.69, 9.17) is 9.88 Å². The van der Waals surface area contributed by atoms with Crippen molar-refractivity contribution in [3.8, 4) is 0 Å². The van der Waals surface area contributed by atoms with Crippen LogP contribution in [0.1, 0.15) is 53.9 Å². The first-order chi connectivity index (χ1) is 13.8. The number of amides is 1. The predicted molar refractivity (Wildman–Crippen MR) is 109 cm³/mol. The Kier molecular flexibility index (Phi) is 6.66. The number of rotatable bonds is 6. The van der Waals surface area contributed by atoms with Crippen LogP contribution in [0.4, 0.5) is 5.69 Å². The van der Waals surface area contributed by atoms with Crippen molar-refractivity contribution >= 4 is 27.6 Å². The van der Waals surface area contributed by atoms with Crippen molar-refractivity contribution in [2.45, 2.75) is 42.9 Å². The molecule has 0 spiro atoms. The van der Waals surface area contributed by atoms with E-state index in [-0.39, 0.29) is 4.90 Å². The fourth-order valence-electron chi connectivity index (χ4n) is 3.47. The highest BCUT2D eigenvalue weighted by Gasteiger charge is 2.17. The minimum absolute atomic E-state index is 0.0569. The molecule has 1 aliphatic carbocycles. The number of anilines is 1. The number of primary sulfonamides is 1. The minimum atomic E-state index is -3.79. The van der Waals surface area contributed by atoms with E-state index in [2.05, 4.69) is 5.32 Å². The zero-order valence-electron chi connectivity index (χ0n) is 16.0. The second kappa shape index (κ2) is 9.19. The average Bonchev–Trinajstić information content (AvgIpc) is 2.72. The van der Waals surface area contributed by atoms with Crippen LogP contribution in [0.15, 0.2) is 53.4 Å². The summed E-state index contributed by atoms with van der Waals surface area (Å²) in [5.74, 6) is -0.541. The summed E-state index contributed by atoms with van der Waals surface area (Å²) < 4.78 is 27.5. The van der Waals surface area contributed by atoms with Crippen LogP contribution in [0.2, 0.25) is 0 Å². The summed E-state index contributed by atoms with van der Waals surface area (Å²) in [6.07, 6.45) is 6.15. The number of hydrogen-bond donors (Lipinski definition) is 2. The maximum absolute atomic E-state index is 12.2. The van der Waals surface area contributed by atoms with Crippen LogP contribution in [0.3, 0.4) is 0 Å². The number of esters is 1. The summed E-state index contributed by atoms with van der Waals surface area (Å²) in [5.41, 5.74) is 2.01. The van der Waals surface area contributed by atoms with Gasteiger partial charge in [0.25, 0.3) is 5.91 Å². The summed E-state index contributed by atoms with van der Waals surface area (Å²) in [4.78, 5) is 24.1. The molecule has 1 aliphatic rings. The second-order valence-corrected chi connectivity index (χ2v) is 8.71. The van der Waals surface area contributed by atoms with Crippen molar-refractivity contribution in [1.82, 2.24) is 0 Å². The fourth-order valence-corrected chi connectivity index (χ4v) is 3.98. The van der Waals surface area contributed by atoms with E-state index >= 15 is 0 Å². The van der Waals surface area contributed by atoms with Crippen molar-refractivity contribution < 1.29 is 22.7 Å². The van der Waals surface area contributed by atoms with Crippen molar-refractivity contribution in [2.24, 2.45) is 5.14 Å². The van der Waals surface area contributed by atoms with Crippen LogP contribution < -0.4 is 10.5 Å². The zero-order valence-corrected chi connectivity index (χ0v) is 16.8. The van der Waals surface area contributed by atoms with E-state index in [1.54, 1.807) is 12.1 Å². The molecule has 0 radical (unpaired) electrons. The normalized spacial score (nSPS) is 14.9. The SMILES string of the molecule is NS(=O)(=O)c1ccc(NC(=O)COC(=O)c2ccc(C3CCCCC3)cc2)cc1. The second-order valence-electron chi connectivity index (χ2n) is 7.15. The molecule has 1 saturated carbocycles. The molecule has 0 aromatic heterocycles. The molecule has 1 fully saturated rings. The molecule has 0 atom stereocenters. The molecular formula is C21H24N2O5S. The summed E-state index contributed by atoms with van der Waals surface area (Å²) in [7, 11) is -3.79. The third-order valence-electron chi connectivity index (χ3n) is 5.02. The van der Waals surface area contributed by atoms with Gasteiger partial charge in [-0.15, -0.1) is 0 Å². The molecule has 0 saturated heterocycles. The quantitative estimate of drug-likeness (QED) is 0.702. The van der Waals surface area contributed by atoms with Crippen LogP contribution in [-0.4, -0.2) is 26.9 Å². The number of benzene rings is 2. The molecule has 3 N–H and O–H groups in total. The molecule has 154 valence electrons. The molecule has 1 amide bonds. The van der Waals surface area contributed by atoms with E-state index in [0.29, 0.717) is 17.2 Å². The summed E-state index contributed by atoms with van der Waals surface area (Å²) >= 11 is 0. The lowest BCUT2D eigenvalue weighted by Gasteiger charge is -2.21. The van der Waals surface area contributed by atoms with E-state index < -0.39 is 28.5 Å². The highest BCUT2D eigenvalue weighted by Crippen LogP contribution is 2.32. The maximum Gasteiger partial charge on any atom is 0.338 e. The Morgan fingerprint density at radius 3 is 2.17 bits per heavy atom. The molecule has 0 aliphatic heterocycles.